The van der Waals surface area contributed by atoms with Crippen molar-refractivity contribution in [2.45, 2.75) is 32.2 Å². The fourth-order valence-electron chi connectivity index (χ4n) is 4.95. The van der Waals surface area contributed by atoms with Gasteiger partial charge in [-0.05, 0) is 67.3 Å². The average molecular weight is 485 g/mol. The number of benzene rings is 2. The van der Waals surface area contributed by atoms with E-state index in [-0.39, 0.29) is 18.4 Å². The van der Waals surface area contributed by atoms with Crippen LogP contribution in [0.15, 0.2) is 61.1 Å². The molecule has 1 aliphatic carbocycles. The van der Waals surface area contributed by atoms with Gasteiger partial charge in [0.15, 0.2) is 0 Å². The maximum absolute atomic E-state index is 14.5. The van der Waals surface area contributed by atoms with Gasteiger partial charge < -0.3 is 10.3 Å². The number of H-pyrrole nitrogens is 1. The van der Waals surface area contributed by atoms with Crippen LogP contribution in [-0.2, 0) is 13.0 Å². The van der Waals surface area contributed by atoms with E-state index in [1.54, 1.807) is 18.5 Å². The van der Waals surface area contributed by atoms with E-state index in [9.17, 15) is 9.18 Å². The summed E-state index contributed by atoms with van der Waals surface area (Å²) >= 11 is 6.16. The minimum absolute atomic E-state index is 0.0522. The van der Waals surface area contributed by atoms with Gasteiger partial charge in [-0.1, -0.05) is 23.2 Å². The zero-order valence-corrected chi connectivity index (χ0v) is 19.8. The molecule has 0 fully saturated rings. The van der Waals surface area contributed by atoms with Gasteiger partial charge in [-0.3, -0.25) is 14.8 Å². The smallest absolute Gasteiger partial charge is 0.253 e. The van der Waals surface area contributed by atoms with Gasteiger partial charge in [-0.25, -0.2) is 4.39 Å². The number of nitrogens with one attached hydrogen (secondary N) is 2. The van der Waals surface area contributed by atoms with Crippen LogP contribution in [0.4, 0.5) is 4.39 Å². The molecule has 2 N–H and O–H groups in total. The third kappa shape index (κ3) is 3.94. The maximum Gasteiger partial charge on any atom is 0.253 e. The summed E-state index contributed by atoms with van der Waals surface area (Å²) in [5.41, 5.74) is 6.80. The molecule has 1 amide bonds. The molecule has 1 aliphatic rings. The summed E-state index contributed by atoms with van der Waals surface area (Å²) in [4.78, 5) is 25.1. The quantitative estimate of drug-likeness (QED) is 0.318. The molecule has 1 unspecified atom stereocenters. The molecule has 0 saturated heterocycles. The molecule has 3 heterocycles. The molecule has 1 atom stereocenters. The summed E-state index contributed by atoms with van der Waals surface area (Å²) in [6, 6.07) is 13.4. The van der Waals surface area contributed by atoms with Crippen molar-refractivity contribution in [2.24, 2.45) is 0 Å². The van der Waals surface area contributed by atoms with E-state index in [0.717, 1.165) is 46.0 Å². The highest BCUT2D eigenvalue weighted by Crippen LogP contribution is 2.38. The molecule has 0 radical (unpaired) electrons. The number of pyridine rings is 2. The first-order chi connectivity index (χ1) is 17.0. The standard InChI is InChI=1S/C28H22ClFN4O/c1-15-2-4-25-16(6-15)7-17(11-31-25)20-3-5-26-21(20)9-19(13-32-26)28(35)34-12-18-8-22-23(29)14-33-27(22)10-24(18)30/h2,4,6-11,13-14,20,33H,3,5,12H2,1H3,(H,34,35). The van der Waals surface area contributed by atoms with E-state index >= 15 is 0 Å². The van der Waals surface area contributed by atoms with E-state index < -0.39 is 5.82 Å². The number of rotatable bonds is 4. The lowest BCUT2D eigenvalue weighted by Crippen LogP contribution is -2.23. The minimum Gasteiger partial charge on any atom is -0.360 e. The molecule has 0 bridgehead atoms. The highest BCUT2D eigenvalue weighted by Gasteiger charge is 2.27. The van der Waals surface area contributed by atoms with Crippen molar-refractivity contribution in [3.8, 4) is 0 Å². The van der Waals surface area contributed by atoms with Gasteiger partial charge in [0.25, 0.3) is 5.91 Å². The number of aryl methyl sites for hydroxylation is 2. The van der Waals surface area contributed by atoms with Gasteiger partial charge in [0.2, 0.25) is 0 Å². The molecule has 7 heteroatoms. The lowest BCUT2D eigenvalue weighted by atomic mass is 9.93. The Hall–Kier alpha value is -3.77. The molecule has 6 rings (SSSR count). The van der Waals surface area contributed by atoms with Crippen molar-refractivity contribution in [1.29, 1.82) is 0 Å². The molecule has 0 aliphatic heterocycles. The van der Waals surface area contributed by atoms with Gasteiger partial charge in [0, 0.05) is 58.6 Å². The zero-order valence-electron chi connectivity index (χ0n) is 19.0. The SMILES string of the molecule is Cc1ccc2ncc(C3CCc4ncc(C(=O)NCc5cc6c(Cl)c[nH]c6cc5F)cc43)cc2c1. The summed E-state index contributed by atoms with van der Waals surface area (Å²) in [5, 5.41) is 5.17. The first-order valence-corrected chi connectivity index (χ1v) is 11.9. The third-order valence-electron chi connectivity index (χ3n) is 6.81. The number of hydrogen-bond donors (Lipinski definition) is 2. The summed E-state index contributed by atoms with van der Waals surface area (Å²) in [7, 11) is 0. The number of aromatic amines is 1. The molecular weight excluding hydrogens is 463 g/mol. The highest BCUT2D eigenvalue weighted by atomic mass is 35.5. The average Bonchev–Trinajstić information content (AvgIpc) is 3.44. The summed E-state index contributed by atoms with van der Waals surface area (Å²) < 4.78 is 14.5. The largest absolute Gasteiger partial charge is 0.360 e. The van der Waals surface area contributed by atoms with Gasteiger partial charge in [-0.2, -0.15) is 0 Å². The minimum atomic E-state index is -0.400. The van der Waals surface area contributed by atoms with Crippen LogP contribution in [0, 0.1) is 12.7 Å². The molecule has 0 saturated carbocycles. The van der Waals surface area contributed by atoms with Crippen LogP contribution in [0.2, 0.25) is 5.02 Å². The Labute approximate surface area is 206 Å². The predicted octanol–water partition coefficient (Wildman–Crippen LogP) is 6.22. The molecule has 0 spiro atoms. The Morgan fingerprint density at radius 2 is 2.06 bits per heavy atom. The van der Waals surface area contributed by atoms with Crippen LogP contribution in [0.5, 0.6) is 0 Å². The fourth-order valence-corrected chi connectivity index (χ4v) is 5.16. The number of halogens is 2. The predicted molar refractivity (Wildman–Crippen MR) is 135 cm³/mol. The molecule has 5 aromatic rings. The van der Waals surface area contributed by atoms with E-state index in [0.29, 0.717) is 21.7 Å². The second-order valence-electron chi connectivity index (χ2n) is 9.12. The molecule has 2 aromatic carbocycles. The molecule has 174 valence electrons. The highest BCUT2D eigenvalue weighted by molar-refractivity contribution is 6.35. The van der Waals surface area contributed by atoms with Crippen LogP contribution in [0.25, 0.3) is 21.8 Å². The van der Waals surface area contributed by atoms with Crippen molar-refractivity contribution in [2.75, 3.05) is 0 Å². The third-order valence-corrected chi connectivity index (χ3v) is 7.12. The normalized spacial score (nSPS) is 15.0. The van der Waals surface area contributed by atoms with Crippen LogP contribution < -0.4 is 5.32 Å². The molecule has 3 aromatic heterocycles. The van der Waals surface area contributed by atoms with Crippen molar-refractivity contribution < 1.29 is 9.18 Å². The first kappa shape index (κ1) is 21.7. The van der Waals surface area contributed by atoms with E-state index in [4.69, 9.17) is 11.6 Å². The number of fused-ring (bicyclic) bond motifs is 3. The van der Waals surface area contributed by atoms with Gasteiger partial charge >= 0.3 is 0 Å². The lowest BCUT2D eigenvalue weighted by molar-refractivity contribution is 0.0950. The number of amides is 1. The number of hydrogen-bond acceptors (Lipinski definition) is 3. The van der Waals surface area contributed by atoms with Gasteiger partial charge in [0.1, 0.15) is 5.82 Å². The summed E-state index contributed by atoms with van der Waals surface area (Å²) in [6.07, 6.45) is 6.93. The monoisotopic (exact) mass is 484 g/mol. The van der Waals surface area contributed by atoms with Crippen LogP contribution in [0.3, 0.4) is 0 Å². The Morgan fingerprint density at radius 1 is 1.17 bits per heavy atom. The summed E-state index contributed by atoms with van der Waals surface area (Å²) in [6.45, 7) is 2.12. The maximum atomic E-state index is 14.5. The molecule has 35 heavy (non-hydrogen) atoms. The Kier molecular flexibility index (Phi) is 5.26. The van der Waals surface area contributed by atoms with Crippen molar-refractivity contribution >= 4 is 39.3 Å². The van der Waals surface area contributed by atoms with E-state index in [2.05, 4.69) is 45.4 Å². The van der Waals surface area contributed by atoms with E-state index in [1.165, 1.54) is 11.6 Å². The summed E-state index contributed by atoms with van der Waals surface area (Å²) in [5.74, 6) is -0.557. The van der Waals surface area contributed by atoms with Crippen LogP contribution in [0.1, 0.15) is 50.6 Å². The number of carbonyl (C=O) groups excluding carboxylic acids is 1. The van der Waals surface area contributed by atoms with Crippen molar-refractivity contribution in [1.82, 2.24) is 20.3 Å². The molecular formula is C28H22ClFN4O. The number of carbonyl (C=O) groups is 1. The number of nitrogens with zero attached hydrogens (tertiary/aromatic N) is 2. The van der Waals surface area contributed by atoms with Gasteiger partial charge in [-0.15, -0.1) is 0 Å². The molecule has 5 nitrogen and oxygen atoms in total. The lowest BCUT2D eigenvalue weighted by Gasteiger charge is -2.14. The van der Waals surface area contributed by atoms with E-state index in [1.807, 2.05) is 18.3 Å². The Bertz CT molecular complexity index is 1630. The fraction of sp³-hybridized carbons (Fsp3) is 0.179. The van der Waals surface area contributed by atoms with Crippen molar-refractivity contribution in [3.05, 3.63) is 105 Å². The van der Waals surface area contributed by atoms with Crippen LogP contribution in [-0.4, -0.2) is 20.9 Å². The first-order valence-electron chi connectivity index (χ1n) is 11.5. The zero-order chi connectivity index (χ0) is 24.1. The Morgan fingerprint density at radius 3 is 2.94 bits per heavy atom. The van der Waals surface area contributed by atoms with Crippen LogP contribution >= 0.6 is 11.6 Å². The Balaban J connectivity index is 1.25. The van der Waals surface area contributed by atoms with Gasteiger partial charge in [0.05, 0.1) is 16.1 Å². The topological polar surface area (TPSA) is 70.7 Å². The number of aromatic nitrogens is 3. The van der Waals surface area contributed by atoms with Crippen molar-refractivity contribution in [3.63, 3.8) is 0 Å². The second kappa shape index (κ2) is 8.47. The second-order valence-corrected chi connectivity index (χ2v) is 9.53.